The number of carbonyl (C=O) groups is 1. The number of para-hydroxylation sites is 1. The number of nitrogens with one attached hydrogen (secondary N) is 1. The molecule has 0 heterocycles. The number of nitriles is 1. The molecule has 0 bridgehead atoms. The van der Waals surface area contributed by atoms with Crippen LogP contribution in [0.5, 0.6) is 5.75 Å². The van der Waals surface area contributed by atoms with Gasteiger partial charge in [-0.3, -0.25) is 4.79 Å². The van der Waals surface area contributed by atoms with Gasteiger partial charge in [0.2, 0.25) is 5.91 Å². The summed E-state index contributed by atoms with van der Waals surface area (Å²) in [5, 5.41) is 11.1. The van der Waals surface area contributed by atoms with Crippen LogP contribution in [-0.4, -0.2) is 18.6 Å². The number of rotatable bonds is 6. The fraction of sp³-hybridized carbons (Fsp3) is 0.385. The normalized spacial score (nSPS) is 11.3. The first-order chi connectivity index (χ1) is 8.22. The van der Waals surface area contributed by atoms with E-state index < -0.39 is 6.04 Å². The van der Waals surface area contributed by atoms with E-state index in [4.69, 9.17) is 10.00 Å². The lowest BCUT2D eigenvalue weighted by Crippen LogP contribution is -2.31. The van der Waals surface area contributed by atoms with Crippen molar-refractivity contribution < 1.29 is 9.53 Å². The number of amides is 1. The van der Waals surface area contributed by atoms with Gasteiger partial charge in [-0.15, -0.1) is 0 Å². The number of hydrogen-bond donors (Lipinski definition) is 1. The molecule has 90 valence electrons. The van der Waals surface area contributed by atoms with E-state index in [9.17, 15) is 4.79 Å². The molecule has 1 rings (SSSR count). The van der Waals surface area contributed by atoms with Gasteiger partial charge >= 0.3 is 0 Å². The quantitative estimate of drug-likeness (QED) is 0.762. The van der Waals surface area contributed by atoms with Crippen molar-refractivity contribution in [2.45, 2.75) is 25.8 Å². The van der Waals surface area contributed by atoms with Crippen molar-refractivity contribution in [2.75, 3.05) is 6.61 Å². The van der Waals surface area contributed by atoms with Crippen LogP contribution in [0.2, 0.25) is 0 Å². The molecule has 0 aromatic heterocycles. The van der Waals surface area contributed by atoms with Crippen LogP contribution in [0.1, 0.15) is 19.8 Å². The molecule has 1 atom stereocenters. The molecule has 0 saturated heterocycles. The van der Waals surface area contributed by atoms with Crippen LogP contribution in [0, 0.1) is 11.3 Å². The molecule has 0 aliphatic heterocycles. The molecule has 1 unspecified atom stereocenters. The number of ether oxygens (including phenoxy) is 1. The molecule has 0 radical (unpaired) electrons. The average molecular weight is 232 g/mol. The maximum Gasteiger partial charge on any atom is 0.221 e. The molecule has 1 aromatic carbocycles. The van der Waals surface area contributed by atoms with Crippen molar-refractivity contribution in [1.29, 1.82) is 5.26 Å². The van der Waals surface area contributed by atoms with E-state index in [1.54, 1.807) is 6.92 Å². The molecule has 0 fully saturated rings. The molecule has 1 N–H and O–H groups in total. The lowest BCUT2D eigenvalue weighted by Gasteiger charge is -2.07. The zero-order valence-corrected chi connectivity index (χ0v) is 9.85. The first kappa shape index (κ1) is 13.0. The molecular formula is C13H16N2O2. The summed E-state index contributed by atoms with van der Waals surface area (Å²) in [6.45, 7) is 2.15. The molecule has 0 spiro atoms. The highest BCUT2D eigenvalue weighted by molar-refractivity contribution is 5.76. The summed E-state index contributed by atoms with van der Waals surface area (Å²) in [4.78, 5) is 11.3. The Kier molecular flexibility index (Phi) is 5.59. The third-order valence-electron chi connectivity index (χ3n) is 2.13. The third-order valence-corrected chi connectivity index (χ3v) is 2.13. The van der Waals surface area contributed by atoms with Crippen molar-refractivity contribution in [3.63, 3.8) is 0 Å². The Balaban J connectivity index is 2.13. The molecule has 4 heteroatoms. The van der Waals surface area contributed by atoms with Crippen molar-refractivity contribution in [2.24, 2.45) is 0 Å². The first-order valence-electron chi connectivity index (χ1n) is 5.59. The molecule has 17 heavy (non-hydrogen) atoms. The molecular weight excluding hydrogens is 216 g/mol. The van der Waals surface area contributed by atoms with Crippen LogP contribution in [0.25, 0.3) is 0 Å². The van der Waals surface area contributed by atoms with Gasteiger partial charge in [-0.2, -0.15) is 5.26 Å². The van der Waals surface area contributed by atoms with Gasteiger partial charge in [-0.1, -0.05) is 18.2 Å². The van der Waals surface area contributed by atoms with E-state index in [0.717, 1.165) is 5.75 Å². The molecule has 0 saturated carbocycles. The number of nitrogens with zero attached hydrogens (tertiary/aromatic N) is 1. The Morgan fingerprint density at radius 3 is 2.82 bits per heavy atom. The van der Waals surface area contributed by atoms with Crippen LogP contribution in [0.4, 0.5) is 0 Å². The average Bonchev–Trinajstić information content (AvgIpc) is 2.36. The Bertz CT molecular complexity index is 384. The lowest BCUT2D eigenvalue weighted by molar-refractivity contribution is -0.121. The van der Waals surface area contributed by atoms with Gasteiger partial charge in [-0.05, 0) is 25.5 Å². The van der Waals surface area contributed by atoms with Gasteiger partial charge in [0.25, 0.3) is 0 Å². The SMILES string of the molecule is CC(C#N)NC(=O)CCCOc1ccccc1. The van der Waals surface area contributed by atoms with Crippen LogP contribution in [-0.2, 0) is 4.79 Å². The number of hydrogen-bond acceptors (Lipinski definition) is 3. The smallest absolute Gasteiger partial charge is 0.221 e. The minimum absolute atomic E-state index is 0.115. The highest BCUT2D eigenvalue weighted by Crippen LogP contribution is 2.08. The third kappa shape index (κ3) is 5.57. The van der Waals surface area contributed by atoms with Crippen molar-refractivity contribution in [3.8, 4) is 11.8 Å². The Morgan fingerprint density at radius 1 is 1.47 bits per heavy atom. The Morgan fingerprint density at radius 2 is 2.18 bits per heavy atom. The van der Waals surface area contributed by atoms with E-state index in [1.807, 2.05) is 36.4 Å². The minimum atomic E-state index is -0.433. The summed E-state index contributed by atoms with van der Waals surface area (Å²) in [6.07, 6.45) is 1.01. The molecule has 0 aliphatic rings. The second-order valence-corrected chi connectivity index (χ2v) is 3.68. The van der Waals surface area contributed by atoms with Gasteiger partial charge in [0, 0.05) is 6.42 Å². The second-order valence-electron chi connectivity index (χ2n) is 3.68. The Hall–Kier alpha value is -2.02. The highest BCUT2D eigenvalue weighted by atomic mass is 16.5. The summed E-state index contributed by atoms with van der Waals surface area (Å²) in [5.41, 5.74) is 0. The van der Waals surface area contributed by atoms with Crippen LogP contribution in [0.15, 0.2) is 30.3 Å². The second kappa shape index (κ2) is 7.29. The van der Waals surface area contributed by atoms with Crippen molar-refractivity contribution in [1.82, 2.24) is 5.32 Å². The van der Waals surface area contributed by atoms with Crippen LogP contribution in [0.3, 0.4) is 0 Å². The van der Waals surface area contributed by atoms with Crippen LogP contribution < -0.4 is 10.1 Å². The maximum atomic E-state index is 11.3. The standard InChI is InChI=1S/C13H16N2O2/c1-11(10-14)15-13(16)8-5-9-17-12-6-3-2-4-7-12/h2-4,6-7,11H,5,8-9H2,1H3,(H,15,16). The van der Waals surface area contributed by atoms with Gasteiger partial charge in [-0.25, -0.2) is 0 Å². The summed E-state index contributed by atoms with van der Waals surface area (Å²) in [6, 6.07) is 11.0. The summed E-state index contributed by atoms with van der Waals surface area (Å²) in [7, 11) is 0. The Labute approximate surface area is 101 Å². The lowest BCUT2D eigenvalue weighted by atomic mass is 10.3. The molecule has 1 aromatic rings. The van der Waals surface area contributed by atoms with Gasteiger partial charge in [0.05, 0.1) is 12.7 Å². The highest BCUT2D eigenvalue weighted by Gasteiger charge is 2.05. The summed E-state index contributed by atoms with van der Waals surface area (Å²) < 4.78 is 5.44. The number of benzene rings is 1. The minimum Gasteiger partial charge on any atom is -0.494 e. The van der Waals surface area contributed by atoms with E-state index in [-0.39, 0.29) is 5.91 Å². The van der Waals surface area contributed by atoms with E-state index >= 15 is 0 Å². The predicted octanol–water partition coefficient (Wildman–Crippen LogP) is 1.87. The van der Waals surface area contributed by atoms with Gasteiger partial charge in [0.15, 0.2) is 0 Å². The fourth-order valence-electron chi connectivity index (χ4n) is 1.29. The van der Waals surface area contributed by atoms with Gasteiger partial charge in [0.1, 0.15) is 11.8 Å². The zero-order valence-electron chi connectivity index (χ0n) is 9.85. The monoisotopic (exact) mass is 232 g/mol. The van der Waals surface area contributed by atoms with E-state index in [2.05, 4.69) is 5.32 Å². The fourth-order valence-corrected chi connectivity index (χ4v) is 1.29. The van der Waals surface area contributed by atoms with E-state index in [1.165, 1.54) is 0 Å². The largest absolute Gasteiger partial charge is 0.494 e. The predicted molar refractivity (Wildman–Crippen MR) is 64.4 cm³/mol. The molecule has 0 aliphatic carbocycles. The maximum absolute atomic E-state index is 11.3. The molecule has 1 amide bonds. The first-order valence-corrected chi connectivity index (χ1v) is 5.59. The van der Waals surface area contributed by atoms with Crippen molar-refractivity contribution >= 4 is 5.91 Å². The van der Waals surface area contributed by atoms with Crippen LogP contribution >= 0.6 is 0 Å². The zero-order chi connectivity index (χ0) is 12.5. The van der Waals surface area contributed by atoms with E-state index in [0.29, 0.717) is 19.4 Å². The molecule has 4 nitrogen and oxygen atoms in total. The number of carbonyl (C=O) groups excluding carboxylic acids is 1. The topological polar surface area (TPSA) is 62.1 Å². The van der Waals surface area contributed by atoms with Crippen molar-refractivity contribution in [3.05, 3.63) is 30.3 Å². The summed E-state index contributed by atoms with van der Waals surface area (Å²) in [5.74, 6) is 0.689. The van der Waals surface area contributed by atoms with Gasteiger partial charge < -0.3 is 10.1 Å². The summed E-state index contributed by atoms with van der Waals surface area (Å²) >= 11 is 0.